The van der Waals surface area contributed by atoms with Crippen LogP contribution in [-0.2, 0) is 0 Å². The molecule has 18 heavy (non-hydrogen) atoms. The number of aryl methyl sites for hydroxylation is 1. The fourth-order valence-electron chi connectivity index (χ4n) is 1.31. The van der Waals surface area contributed by atoms with E-state index in [1.807, 2.05) is 37.3 Å². The zero-order valence-corrected chi connectivity index (χ0v) is 10.5. The van der Waals surface area contributed by atoms with Crippen molar-refractivity contribution in [1.29, 1.82) is 5.26 Å². The number of rotatable bonds is 2. The highest BCUT2D eigenvalue weighted by Crippen LogP contribution is 2.29. The molecule has 0 amide bonds. The van der Waals surface area contributed by atoms with E-state index >= 15 is 0 Å². The van der Waals surface area contributed by atoms with Crippen LogP contribution in [0.25, 0.3) is 0 Å². The van der Waals surface area contributed by atoms with Gasteiger partial charge < -0.3 is 11.5 Å². The molecule has 0 saturated carbocycles. The van der Waals surface area contributed by atoms with Crippen molar-refractivity contribution in [3.8, 4) is 6.07 Å². The summed E-state index contributed by atoms with van der Waals surface area (Å²) in [5.74, 6) is 0.225. The van der Waals surface area contributed by atoms with E-state index in [0.717, 1.165) is 4.90 Å². The van der Waals surface area contributed by atoms with Crippen molar-refractivity contribution in [2.75, 3.05) is 11.5 Å². The molecule has 2 rings (SSSR count). The molecule has 2 aromatic rings. The maximum absolute atomic E-state index is 8.99. The van der Waals surface area contributed by atoms with Gasteiger partial charge in [0.05, 0.1) is 0 Å². The largest absolute Gasteiger partial charge is 0.381 e. The van der Waals surface area contributed by atoms with Gasteiger partial charge >= 0.3 is 0 Å². The van der Waals surface area contributed by atoms with Crippen molar-refractivity contribution in [2.24, 2.45) is 0 Å². The Kier molecular flexibility index (Phi) is 3.35. The van der Waals surface area contributed by atoms with Gasteiger partial charge in [0.25, 0.3) is 0 Å². The Morgan fingerprint density at radius 2 is 1.72 bits per heavy atom. The van der Waals surface area contributed by atoms with E-state index in [0.29, 0.717) is 5.03 Å². The van der Waals surface area contributed by atoms with Gasteiger partial charge in [0, 0.05) is 4.90 Å². The maximum atomic E-state index is 8.99. The molecule has 0 bridgehead atoms. The van der Waals surface area contributed by atoms with E-state index < -0.39 is 0 Å². The van der Waals surface area contributed by atoms with E-state index in [-0.39, 0.29) is 17.3 Å². The molecule has 0 radical (unpaired) electrons. The van der Waals surface area contributed by atoms with Gasteiger partial charge in [0.1, 0.15) is 11.1 Å². The van der Waals surface area contributed by atoms with E-state index in [4.69, 9.17) is 16.7 Å². The summed E-state index contributed by atoms with van der Waals surface area (Å²) in [6, 6.07) is 9.85. The van der Waals surface area contributed by atoms with Crippen LogP contribution < -0.4 is 11.5 Å². The monoisotopic (exact) mass is 257 g/mol. The Labute approximate surface area is 109 Å². The van der Waals surface area contributed by atoms with Crippen molar-refractivity contribution in [3.05, 3.63) is 35.5 Å². The molecular formula is C12H11N5S. The van der Waals surface area contributed by atoms with Crippen molar-refractivity contribution < 1.29 is 0 Å². The average molecular weight is 257 g/mol. The number of nitriles is 1. The lowest BCUT2D eigenvalue weighted by Crippen LogP contribution is -2.04. The van der Waals surface area contributed by atoms with Crippen LogP contribution in [0, 0.1) is 18.3 Å². The first-order valence-electron chi connectivity index (χ1n) is 5.17. The van der Waals surface area contributed by atoms with E-state index in [9.17, 15) is 0 Å². The number of benzene rings is 1. The zero-order valence-electron chi connectivity index (χ0n) is 9.71. The SMILES string of the molecule is Cc1ccc(Sc2nc(N)c(N)nc2C#N)cc1. The second-order valence-corrected chi connectivity index (χ2v) is 4.74. The summed E-state index contributed by atoms with van der Waals surface area (Å²) < 4.78 is 0. The van der Waals surface area contributed by atoms with Crippen molar-refractivity contribution in [3.63, 3.8) is 0 Å². The third-order valence-corrected chi connectivity index (χ3v) is 3.25. The lowest BCUT2D eigenvalue weighted by atomic mass is 10.2. The summed E-state index contributed by atoms with van der Waals surface area (Å²) in [4.78, 5) is 8.97. The molecule has 90 valence electrons. The number of aromatic nitrogens is 2. The molecule has 0 fully saturated rings. The first-order valence-corrected chi connectivity index (χ1v) is 5.99. The Morgan fingerprint density at radius 1 is 1.11 bits per heavy atom. The predicted octanol–water partition coefficient (Wildman–Crippen LogP) is 1.97. The van der Waals surface area contributed by atoms with Crippen molar-refractivity contribution in [2.45, 2.75) is 16.8 Å². The van der Waals surface area contributed by atoms with Gasteiger partial charge in [-0.3, -0.25) is 0 Å². The van der Waals surface area contributed by atoms with Crippen molar-refractivity contribution in [1.82, 2.24) is 9.97 Å². The summed E-state index contributed by atoms with van der Waals surface area (Å²) in [6.45, 7) is 2.01. The van der Waals surface area contributed by atoms with Gasteiger partial charge in [0.15, 0.2) is 17.3 Å². The average Bonchev–Trinajstić information content (AvgIpc) is 2.36. The van der Waals surface area contributed by atoms with Crippen LogP contribution in [0.15, 0.2) is 34.2 Å². The first-order chi connectivity index (χ1) is 8.60. The van der Waals surface area contributed by atoms with Gasteiger partial charge in [-0.25, -0.2) is 9.97 Å². The molecule has 0 aliphatic rings. The van der Waals surface area contributed by atoms with Crippen molar-refractivity contribution >= 4 is 23.4 Å². The standard InChI is InChI=1S/C12H11N5S/c1-7-2-4-8(5-3-7)18-12-9(6-13)16-10(14)11(15)17-12/h2-5H,1H3,(H2,14,16)(H2,15,17). The van der Waals surface area contributed by atoms with Crippen LogP contribution in [0.5, 0.6) is 0 Å². The third-order valence-electron chi connectivity index (χ3n) is 2.26. The number of hydrogen-bond donors (Lipinski definition) is 2. The van der Waals surface area contributed by atoms with E-state index in [1.54, 1.807) is 0 Å². The minimum absolute atomic E-state index is 0.0832. The molecule has 1 aromatic heterocycles. The lowest BCUT2D eigenvalue weighted by Gasteiger charge is -2.05. The Balaban J connectivity index is 2.37. The Hall–Kier alpha value is -2.26. The topological polar surface area (TPSA) is 102 Å². The summed E-state index contributed by atoms with van der Waals surface area (Å²) in [5.41, 5.74) is 12.5. The van der Waals surface area contributed by atoms with Crippen LogP contribution in [0.3, 0.4) is 0 Å². The molecule has 5 nitrogen and oxygen atoms in total. The molecule has 6 heteroatoms. The van der Waals surface area contributed by atoms with Gasteiger partial charge in [-0.15, -0.1) is 0 Å². The highest BCUT2D eigenvalue weighted by atomic mass is 32.2. The molecule has 1 heterocycles. The zero-order chi connectivity index (χ0) is 13.1. The normalized spacial score (nSPS) is 10.0. The smallest absolute Gasteiger partial charge is 0.175 e. The number of hydrogen-bond acceptors (Lipinski definition) is 6. The number of anilines is 2. The Morgan fingerprint density at radius 3 is 2.33 bits per heavy atom. The van der Waals surface area contributed by atoms with E-state index in [2.05, 4.69) is 9.97 Å². The molecule has 0 aliphatic heterocycles. The van der Waals surface area contributed by atoms with Crippen LogP contribution in [-0.4, -0.2) is 9.97 Å². The molecule has 0 aliphatic carbocycles. The molecular weight excluding hydrogens is 246 g/mol. The lowest BCUT2D eigenvalue weighted by molar-refractivity contribution is 1.04. The predicted molar refractivity (Wildman–Crippen MR) is 70.9 cm³/mol. The highest BCUT2D eigenvalue weighted by Gasteiger charge is 2.11. The summed E-state index contributed by atoms with van der Waals surface area (Å²) in [5, 5.41) is 9.46. The van der Waals surface area contributed by atoms with Crippen LogP contribution >= 0.6 is 11.8 Å². The number of nitrogens with zero attached hydrogens (tertiary/aromatic N) is 3. The maximum Gasteiger partial charge on any atom is 0.175 e. The second-order valence-electron chi connectivity index (χ2n) is 3.67. The quantitative estimate of drug-likeness (QED) is 0.852. The molecule has 0 saturated heterocycles. The first kappa shape index (κ1) is 12.2. The molecule has 0 atom stereocenters. The van der Waals surface area contributed by atoms with Gasteiger partial charge in [-0.05, 0) is 19.1 Å². The van der Waals surface area contributed by atoms with Crippen LogP contribution in [0.2, 0.25) is 0 Å². The highest BCUT2D eigenvalue weighted by molar-refractivity contribution is 7.99. The molecule has 0 unspecified atom stereocenters. The fourth-order valence-corrected chi connectivity index (χ4v) is 2.13. The van der Waals surface area contributed by atoms with E-state index in [1.165, 1.54) is 17.3 Å². The number of nitrogens with two attached hydrogens (primary N) is 2. The molecule has 0 spiro atoms. The minimum Gasteiger partial charge on any atom is -0.381 e. The molecule has 1 aromatic carbocycles. The minimum atomic E-state index is 0.0832. The van der Waals surface area contributed by atoms with Crippen LogP contribution in [0.4, 0.5) is 11.6 Å². The number of nitrogen functional groups attached to an aromatic ring is 2. The second kappa shape index (κ2) is 4.94. The molecule has 4 N–H and O–H groups in total. The Bertz CT molecular complexity index is 616. The summed E-state index contributed by atoms with van der Waals surface area (Å²) >= 11 is 1.34. The van der Waals surface area contributed by atoms with Gasteiger partial charge in [-0.2, -0.15) is 5.26 Å². The summed E-state index contributed by atoms with van der Waals surface area (Å²) in [7, 11) is 0. The fraction of sp³-hybridized carbons (Fsp3) is 0.0833. The van der Waals surface area contributed by atoms with Gasteiger partial charge in [0.2, 0.25) is 0 Å². The van der Waals surface area contributed by atoms with Gasteiger partial charge in [-0.1, -0.05) is 29.5 Å². The summed E-state index contributed by atoms with van der Waals surface area (Å²) in [6.07, 6.45) is 0. The third kappa shape index (κ3) is 2.52. The van der Waals surface area contributed by atoms with Crippen LogP contribution in [0.1, 0.15) is 11.3 Å².